The first-order valence-electron chi connectivity index (χ1n) is 5.21. The molecule has 0 aliphatic heterocycles. The van der Waals surface area contributed by atoms with Gasteiger partial charge in [-0.05, 0) is 41.9 Å². The predicted octanol–water partition coefficient (Wildman–Crippen LogP) is 3.22. The van der Waals surface area contributed by atoms with E-state index < -0.39 is 0 Å². The molecule has 0 amide bonds. The van der Waals surface area contributed by atoms with E-state index in [0.717, 1.165) is 16.7 Å². The largest absolute Gasteiger partial charge is 0.0617 e. The second kappa shape index (κ2) is 1.53. The van der Waals surface area contributed by atoms with Gasteiger partial charge in [-0.1, -0.05) is 26.7 Å². The predicted molar refractivity (Wildman–Crippen MR) is 46.3 cm³/mol. The van der Waals surface area contributed by atoms with Crippen molar-refractivity contribution < 1.29 is 0 Å². The molecule has 0 saturated heterocycles. The van der Waals surface area contributed by atoms with Crippen LogP contribution in [0.1, 0.15) is 46.0 Å². The molecule has 3 rings (SSSR count). The Bertz CT molecular complexity index is 194. The number of rotatable bonds is 1. The van der Waals surface area contributed by atoms with Gasteiger partial charge in [0.05, 0.1) is 0 Å². The summed E-state index contributed by atoms with van der Waals surface area (Å²) in [6.07, 6.45) is 7.68. The van der Waals surface area contributed by atoms with Crippen LogP contribution < -0.4 is 0 Å². The fourth-order valence-corrected chi connectivity index (χ4v) is 4.10. The highest BCUT2D eigenvalue weighted by Crippen LogP contribution is 2.88. The molecule has 0 aromatic heterocycles. The van der Waals surface area contributed by atoms with E-state index in [2.05, 4.69) is 13.8 Å². The van der Waals surface area contributed by atoms with Gasteiger partial charge < -0.3 is 0 Å². The van der Waals surface area contributed by atoms with Crippen molar-refractivity contribution in [3.05, 3.63) is 0 Å². The van der Waals surface area contributed by atoms with Gasteiger partial charge in [-0.2, -0.15) is 0 Å². The molecule has 3 atom stereocenters. The van der Waals surface area contributed by atoms with Crippen LogP contribution in [-0.2, 0) is 0 Å². The van der Waals surface area contributed by atoms with E-state index in [4.69, 9.17) is 0 Å². The molecule has 0 spiro atoms. The van der Waals surface area contributed by atoms with E-state index in [1.165, 1.54) is 31.6 Å². The standard InChI is InChI=1S/C11H18/c1-8-9-7-11(8,9)10(2)5-3-4-6-10/h8-9H,3-7H2,1-2H3. The maximum absolute atomic E-state index is 2.56. The van der Waals surface area contributed by atoms with Gasteiger partial charge in [-0.3, -0.25) is 0 Å². The van der Waals surface area contributed by atoms with Crippen LogP contribution >= 0.6 is 0 Å². The smallest absolute Gasteiger partial charge is 0.0181 e. The van der Waals surface area contributed by atoms with Crippen LogP contribution in [0.5, 0.6) is 0 Å². The minimum absolute atomic E-state index is 0.789. The van der Waals surface area contributed by atoms with Crippen molar-refractivity contribution in [1.29, 1.82) is 0 Å². The first-order valence-corrected chi connectivity index (χ1v) is 5.21. The zero-order chi connectivity index (χ0) is 7.69. The Morgan fingerprint density at radius 3 is 2.09 bits per heavy atom. The van der Waals surface area contributed by atoms with Gasteiger partial charge in [-0.15, -0.1) is 0 Å². The summed E-state index contributed by atoms with van der Waals surface area (Å²) in [5.41, 5.74) is 1.68. The lowest BCUT2D eigenvalue weighted by atomic mass is 9.75. The lowest BCUT2D eigenvalue weighted by molar-refractivity contribution is 0.199. The molecule has 3 saturated carbocycles. The fourth-order valence-electron chi connectivity index (χ4n) is 4.10. The average Bonchev–Trinajstić information content (AvgIpc) is 2.82. The van der Waals surface area contributed by atoms with Crippen LogP contribution in [0.4, 0.5) is 0 Å². The number of fused-ring (bicyclic) bond motifs is 1. The highest BCUT2D eigenvalue weighted by molar-refractivity contribution is 5.29. The second-order valence-electron chi connectivity index (χ2n) is 5.41. The summed E-state index contributed by atoms with van der Waals surface area (Å²) in [5, 5.41) is 0. The van der Waals surface area contributed by atoms with Gasteiger partial charge in [0.15, 0.2) is 0 Å². The van der Waals surface area contributed by atoms with Gasteiger partial charge >= 0.3 is 0 Å². The molecule has 3 aliphatic rings. The van der Waals surface area contributed by atoms with Crippen molar-refractivity contribution in [3.63, 3.8) is 0 Å². The second-order valence-corrected chi connectivity index (χ2v) is 5.41. The molecule has 0 heterocycles. The van der Waals surface area contributed by atoms with Crippen LogP contribution in [0, 0.1) is 22.7 Å². The van der Waals surface area contributed by atoms with Crippen molar-refractivity contribution in [2.45, 2.75) is 46.0 Å². The molecule has 0 N–H and O–H groups in total. The molecular weight excluding hydrogens is 132 g/mol. The van der Waals surface area contributed by atoms with Crippen LogP contribution in [0.25, 0.3) is 0 Å². The SMILES string of the molecule is CC1C2CC12C1(C)CCCC1. The van der Waals surface area contributed by atoms with E-state index in [1.54, 1.807) is 6.42 Å². The third-order valence-electron chi connectivity index (χ3n) is 5.20. The Morgan fingerprint density at radius 2 is 1.73 bits per heavy atom. The maximum atomic E-state index is 2.56. The monoisotopic (exact) mass is 150 g/mol. The molecule has 0 nitrogen and oxygen atoms in total. The van der Waals surface area contributed by atoms with Crippen molar-refractivity contribution in [2.24, 2.45) is 22.7 Å². The average molecular weight is 150 g/mol. The van der Waals surface area contributed by atoms with E-state index in [0.29, 0.717) is 0 Å². The normalized spacial score (nSPS) is 57.3. The van der Waals surface area contributed by atoms with Crippen LogP contribution in [0.2, 0.25) is 0 Å². The summed E-state index contributed by atoms with van der Waals surface area (Å²) in [7, 11) is 0. The Hall–Kier alpha value is 0. The Kier molecular flexibility index (Phi) is 0.906. The number of hydrogen-bond acceptors (Lipinski definition) is 0. The van der Waals surface area contributed by atoms with Crippen molar-refractivity contribution in [1.82, 2.24) is 0 Å². The van der Waals surface area contributed by atoms with Crippen molar-refractivity contribution in [2.75, 3.05) is 0 Å². The lowest BCUT2D eigenvalue weighted by Gasteiger charge is -2.29. The third kappa shape index (κ3) is 0.522. The first kappa shape index (κ1) is 6.51. The minimum atomic E-state index is 0.789. The molecule has 0 aromatic rings. The molecule has 3 fully saturated rings. The highest BCUT2D eigenvalue weighted by atomic mass is 14.9. The summed E-state index contributed by atoms with van der Waals surface area (Å²) in [5.74, 6) is 2.27. The highest BCUT2D eigenvalue weighted by Gasteiger charge is 2.82. The van der Waals surface area contributed by atoms with Gasteiger partial charge in [-0.25, -0.2) is 0 Å². The van der Waals surface area contributed by atoms with Crippen LogP contribution in [0.3, 0.4) is 0 Å². The Balaban J connectivity index is 1.88. The molecule has 3 unspecified atom stereocenters. The molecule has 3 aliphatic carbocycles. The van der Waals surface area contributed by atoms with Crippen LogP contribution in [0.15, 0.2) is 0 Å². The lowest BCUT2D eigenvalue weighted by Crippen LogP contribution is -2.21. The maximum Gasteiger partial charge on any atom is -0.0181 e. The van der Waals surface area contributed by atoms with Gasteiger partial charge in [0.1, 0.15) is 0 Å². The summed E-state index contributed by atoms with van der Waals surface area (Å²) in [6, 6.07) is 0. The number of hydrogen-bond donors (Lipinski definition) is 0. The van der Waals surface area contributed by atoms with Gasteiger partial charge in [0, 0.05) is 0 Å². The van der Waals surface area contributed by atoms with E-state index in [1.807, 2.05) is 0 Å². The molecule has 0 radical (unpaired) electrons. The zero-order valence-corrected chi connectivity index (χ0v) is 7.69. The zero-order valence-electron chi connectivity index (χ0n) is 7.69. The summed E-state index contributed by atoms with van der Waals surface area (Å²) in [4.78, 5) is 0. The van der Waals surface area contributed by atoms with E-state index >= 15 is 0 Å². The molecule has 0 bridgehead atoms. The fraction of sp³-hybridized carbons (Fsp3) is 1.00. The third-order valence-corrected chi connectivity index (χ3v) is 5.20. The minimum Gasteiger partial charge on any atom is -0.0617 e. The molecule has 0 heteroatoms. The molecule has 0 aromatic carbocycles. The Morgan fingerprint density at radius 1 is 1.18 bits per heavy atom. The molecule has 62 valence electrons. The quantitative estimate of drug-likeness (QED) is 0.538. The summed E-state index contributed by atoms with van der Waals surface area (Å²) >= 11 is 0. The van der Waals surface area contributed by atoms with Crippen molar-refractivity contribution >= 4 is 0 Å². The molecular formula is C11H18. The summed E-state index contributed by atoms with van der Waals surface area (Å²) in [6.45, 7) is 5.03. The van der Waals surface area contributed by atoms with Crippen LogP contribution in [-0.4, -0.2) is 0 Å². The van der Waals surface area contributed by atoms with Crippen molar-refractivity contribution in [3.8, 4) is 0 Å². The Labute approximate surface area is 69.4 Å². The van der Waals surface area contributed by atoms with Gasteiger partial charge in [0.25, 0.3) is 0 Å². The first-order chi connectivity index (χ1) is 5.21. The van der Waals surface area contributed by atoms with Gasteiger partial charge in [0.2, 0.25) is 0 Å². The van der Waals surface area contributed by atoms with E-state index in [9.17, 15) is 0 Å². The summed E-state index contributed by atoms with van der Waals surface area (Å²) < 4.78 is 0. The topological polar surface area (TPSA) is 0 Å². The molecule has 11 heavy (non-hydrogen) atoms. The van der Waals surface area contributed by atoms with E-state index in [-0.39, 0.29) is 0 Å².